The number of nitrogens with zero attached hydrogens (tertiary/aromatic N) is 3. The van der Waals surface area contributed by atoms with Crippen LogP contribution in [-0.2, 0) is 9.84 Å². The number of nitrogen functional groups attached to an aromatic ring is 1. The van der Waals surface area contributed by atoms with Gasteiger partial charge < -0.3 is 15.4 Å². The highest BCUT2D eigenvalue weighted by Gasteiger charge is 2.25. The van der Waals surface area contributed by atoms with Crippen molar-refractivity contribution in [3.8, 4) is 5.75 Å². The third-order valence-electron chi connectivity index (χ3n) is 4.87. The minimum absolute atomic E-state index is 0.0338. The van der Waals surface area contributed by atoms with Gasteiger partial charge in [0.05, 0.1) is 18.2 Å². The van der Waals surface area contributed by atoms with E-state index in [2.05, 4.69) is 9.97 Å². The second-order valence-electron chi connectivity index (χ2n) is 6.50. The highest BCUT2D eigenvalue weighted by molar-refractivity contribution is 7.91. The maximum absolute atomic E-state index is 12.8. The summed E-state index contributed by atoms with van der Waals surface area (Å²) in [5.74, 6) is 1.01. The number of hydrogen-bond acceptors (Lipinski definition) is 7. The van der Waals surface area contributed by atoms with Crippen molar-refractivity contribution in [1.29, 1.82) is 0 Å². The molecule has 0 bridgehead atoms. The van der Waals surface area contributed by atoms with E-state index in [1.54, 1.807) is 12.1 Å². The summed E-state index contributed by atoms with van der Waals surface area (Å²) in [4.78, 5) is 10.6. The number of nitrogens with two attached hydrogens (primary N) is 1. The summed E-state index contributed by atoms with van der Waals surface area (Å²) in [6, 6.07) is 6.52. The number of ether oxygens (including phenoxy) is 1. The van der Waals surface area contributed by atoms with Crippen LogP contribution in [0.4, 0.5) is 11.8 Å². The summed E-state index contributed by atoms with van der Waals surface area (Å²) < 4.78 is 30.7. The quantitative estimate of drug-likeness (QED) is 0.856. The average Bonchev–Trinajstić information content (AvgIpc) is 2.67. The third-order valence-corrected chi connectivity index (χ3v) is 6.65. The van der Waals surface area contributed by atoms with Gasteiger partial charge in [-0.15, -0.1) is 0 Å². The van der Waals surface area contributed by atoms with Gasteiger partial charge in [-0.3, -0.25) is 0 Å². The molecular formula is C18H24N4O3S. The lowest BCUT2D eigenvalue weighted by Gasteiger charge is -2.31. The van der Waals surface area contributed by atoms with Crippen LogP contribution < -0.4 is 15.4 Å². The van der Waals surface area contributed by atoms with Gasteiger partial charge in [-0.2, -0.15) is 4.98 Å². The molecule has 1 aliphatic rings. The number of sulfone groups is 1. The molecule has 0 radical (unpaired) electrons. The largest absolute Gasteiger partial charge is 0.497 e. The van der Waals surface area contributed by atoms with Gasteiger partial charge in [0.15, 0.2) is 0 Å². The average molecular weight is 376 g/mol. The van der Waals surface area contributed by atoms with Gasteiger partial charge in [0.25, 0.3) is 0 Å². The van der Waals surface area contributed by atoms with E-state index >= 15 is 0 Å². The fraction of sp³-hybridized carbons (Fsp3) is 0.444. The molecule has 0 amide bonds. The van der Waals surface area contributed by atoms with E-state index in [0.29, 0.717) is 17.7 Å². The number of rotatable bonds is 5. The van der Waals surface area contributed by atoms with Gasteiger partial charge in [-0.25, -0.2) is 13.4 Å². The van der Waals surface area contributed by atoms with Crippen molar-refractivity contribution in [2.75, 3.05) is 24.8 Å². The minimum atomic E-state index is -3.79. The zero-order valence-corrected chi connectivity index (χ0v) is 15.9. The first-order valence-corrected chi connectivity index (χ1v) is 10.2. The topological polar surface area (TPSA) is 98.4 Å². The molecule has 140 valence electrons. The van der Waals surface area contributed by atoms with Crippen LogP contribution in [0, 0.1) is 0 Å². The molecule has 2 N–H and O–H groups in total. The fourth-order valence-corrected chi connectivity index (χ4v) is 4.53. The van der Waals surface area contributed by atoms with E-state index in [1.807, 2.05) is 11.9 Å². The highest BCUT2D eigenvalue weighted by atomic mass is 32.2. The lowest BCUT2D eigenvalue weighted by atomic mass is 9.95. The van der Waals surface area contributed by atoms with E-state index in [9.17, 15) is 8.42 Å². The lowest BCUT2D eigenvalue weighted by Crippen LogP contribution is -2.34. The monoisotopic (exact) mass is 376 g/mol. The van der Waals surface area contributed by atoms with Crippen molar-refractivity contribution >= 4 is 21.6 Å². The molecule has 7 nitrogen and oxygen atoms in total. The molecule has 3 rings (SSSR count). The van der Waals surface area contributed by atoms with Gasteiger partial charge in [0.1, 0.15) is 16.5 Å². The molecule has 2 aromatic rings. The zero-order chi connectivity index (χ0) is 18.7. The Morgan fingerprint density at radius 2 is 1.81 bits per heavy atom. The predicted molar refractivity (Wildman–Crippen MR) is 100 cm³/mol. The second-order valence-corrected chi connectivity index (χ2v) is 8.42. The Labute approximate surface area is 154 Å². The van der Waals surface area contributed by atoms with Crippen LogP contribution in [0.1, 0.15) is 32.1 Å². The molecule has 1 aliphatic carbocycles. The Kier molecular flexibility index (Phi) is 5.31. The summed E-state index contributed by atoms with van der Waals surface area (Å²) in [6.45, 7) is 0. The summed E-state index contributed by atoms with van der Waals surface area (Å²) in [6.07, 6.45) is 7.11. The number of aromatic nitrogens is 2. The Hall–Kier alpha value is -2.35. The van der Waals surface area contributed by atoms with Crippen molar-refractivity contribution in [1.82, 2.24) is 9.97 Å². The molecule has 1 aromatic heterocycles. The Balaban J connectivity index is 1.88. The van der Waals surface area contributed by atoms with Gasteiger partial charge in [-0.1, -0.05) is 19.3 Å². The molecule has 8 heteroatoms. The number of benzene rings is 1. The van der Waals surface area contributed by atoms with Crippen LogP contribution in [0.15, 0.2) is 40.3 Å². The summed E-state index contributed by atoms with van der Waals surface area (Å²) in [5.41, 5.74) is 5.99. The van der Waals surface area contributed by atoms with Crippen molar-refractivity contribution < 1.29 is 13.2 Å². The first-order valence-electron chi connectivity index (χ1n) is 8.68. The van der Waals surface area contributed by atoms with Crippen LogP contribution in [-0.4, -0.2) is 38.6 Å². The Morgan fingerprint density at radius 3 is 2.38 bits per heavy atom. The van der Waals surface area contributed by atoms with Crippen LogP contribution >= 0.6 is 0 Å². The summed E-state index contributed by atoms with van der Waals surface area (Å²) in [5, 5.41) is 0. The molecule has 0 atom stereocenters. The van der Waals surface area contributed by atoms with E-state index in [4.69, 9.17) is 10.5 Å². The number of anilines is 2. The van der Waals surface area contributed by atoms with Gasteiger partial charge in [-0.05, 0) is 37.1 Å². The molecule has 1 fully saturated rings. The van der Waals surface area contributed by atoms with Crippen LogP contribution in [0.5, 0.6) is 5.75 Å². The standard InChI is InChI=1S/C18H24N4O3S/c1-22(13-6-4-3-5-7-13)18-20-12-16(17(19)21-18)26(23,24)15-10-8-14(25-2)9-11-15/h8-13H,3-7H2,1-2H3,(H2,19,20,21). The van der Waals surface area contributed by atoms with E-state index < -0.39 is 9.84 Å². The SMILES string of the molecule is COc1ccc(S(=O)(=O)c2cnc(N(C)C3CCCCC3)nc2N)cc1. The predicted octanol–water partition coefficient (Wildman–Crippen LogP) is 2.67. The Bertz CT molecular complexity index is 863. The molecular weight excluding hydrogens is 352 g/mol. The van der Waals surface area contributed by atoms with Gasteiger partial charge in [0.2, 0.25) is 15.8 Å². The van der Waals surface area contributed by atoms with Crippen LogP contribution in [0.3, 0.4) is 0 Å². The van der Waals surface area contributed by atoms with Crippen molar-refractivity contribution in [3.63, 3.8) is 0 Å². The molecule has 1 heterocycles. The first-order chi connectivity index (χ1) is 12.4. The maximum Gasteiger partial charge on any atom is 0.227 e. The molecule has 0 saturated heterocycles. The van der Waals surface area contributed by atoms with Crippen molar-refractivity contribution in [2.45, 2.75) is 47.9 Å². The third kappa shape index (κ3) is 3.60. The molecule has 1 aromatic carbocycles. The van der Waals surface area contributed by atoms with Gasteiger partial charge in [0, 0.05) is 13.1 Å². The highest BCUT2D eigenvalue weighted by Crippen LogP contribution is 2.28. The molecule has 0 aliphatic heterocycles. The maximum atomic E-state index is 12.8. The van der Waals surface area contributed by atoms with Crippen molar-refractivity contribution in [2.24, 2.45) is 0 Å². The normalized spacial score (nSPS) is 15.6. The molecule has 0 spiro atoms. The zero-order valence-electron chi connectivity index (χ0n) is 15.1. The summed E-state index contributed by atoms with van der Waals surface area (Å²) in [7, 11) is -0.328. The van der Waals surface area contributed by atoms with Crippen molar-refractivity contribution in [3.05, 3.63) is 30.5 Å². The minimum Gasteiger partial charge on any atom is -0.497 e. The van der Waals surface area contributed by atoms with E-state index in [-0.39, 0.29) is 15.6 Å². The first kappa shape index (κ1) is 18.4. The molecule has 1 saturated carbocycles. The second kappa shape index (κ2) is 7.49. The van der Waals surface area contributed by atoms with E-state index in [1.165, 1.54) is 44.7 Å². The molecule has 26 heavy (non-hydrogen) atoms. The lowest BCUT2D eigenvalue weighted by molar-refractivity contribution is 0.414. The Morgan fingerprint density at radius 1 is 1.15 bits per heavy atom. The van der Waals surface area contributed by atoms with Crippen LogP contribution in [0.2, 0.25) is 0 Å². The fourth-order valence-electron chi connectivity index (χ4n) is 3.26. The number of methoxy groups -OCH3 is 1. The number of hydrogen-bond donors (Lipinski definition) is 1. The van der Waals surface area contributed by atoms with E-state index in [0.717, 1.165) is 12.8 Å². The smallest absolute Gasteiger partial charge is 0.227 e. The molecule has 0 unspecified atom stereocenters. The summed E-state index contributed by atoms with van der Waals surface area (Å²) >= 11 is 0. The van der Waals surface area contributed by atoms with Crippen LogP contribution in [0.25, 0.3) is 0 Å². The van der Waals surface area contributed by atoms with Gasteiger partial charge >= 0.3 is 0 Å².